The molecule has 7 heteroatoms. The van der Waals surface area contributed by atoms with E-state index in [0.717, 1.165) is 16.8 Å². The number of hydrogen-bond acceptors (Lipinski definition) is 3. The number of carbonyl (C=O) groups is 2. The largest absolute Gasteiger partial charge is 0.377 e. The molecule has 0 radical (unpaired) electrons. The van der Waals surface area contributed by atoms with Crippen molar-refractivity contribution in [1.29, 1.82) is 0 Å². The molecule has 1 N–H and O–H groups in total. The molecule has 178 valence electrons. The van der Waals surface area contributed by atoms with Gasteiger partial charge in [-0.25, -0.2) is 4.39 Å². The molecule has 5 nitrogen and oxygen atoms in total. The highest BCUT2D eigenvalue weighted by Crippen LogP contribution is 2.27. The van der Waals surface area contributed by atoms with Gasteiger partial charge in [0.15, 0.2) is 0 Å². The van der Waals surface area contributed by atoms with Crippen molar-refractivity contribution >= 4 is 34.8 Å². The molecule has 0 unspecified atom stereocenters. The zero-order valence-corrected chi connectivity index (χ0v) is 20.6. The fourth-order valence-corrected chi connectivity index (χ4v) is 3.75. The van der Waals surface area contributed by atoms with E-state index >= 15 is 0 Å². The summed E-state index contributed by atoms with van der Waals surface area (Å²) in [6, 6.07) is 18.6. The van der Waals surface area contributed by atoms with Crippen molar-refractivity contribution in [2.24, 2.45) is 5.92 Å². The number of carbonyl (C=O) groups excluding carboxylic acids is 2. The lowest BCUT2D eigenvalue weighted by molar-refractivity contribution is -0.118. The molecule has 0 fully saturated rings. The van der Waals surface area contributed by atoms with E-state index in [9.17, 15) is 14.0 Å². The molecule has 0 spiro atoms. The van der Waals surface area contributed by atoms with Gasteiger partial charge in [-0.3, -0.25) is 9.59 Å². The minimum atomic E-state index is -0.337. The van der Waals surface area contributed by atoms with Crippen molar-refractivity contribution in [1.82, 2.24) is 4.90 Å². The van der Waals surface area contributed by atoms with E-state index in [2.05, 4.69) is 5.32 Å². The molecule has 0 saturated heterocycles. The number of anilines is 2. The first kappa shape index (κ1) is 25.2. The van der Waals surface area contributed by atoms with E-state index in [-0.39, 0.29) is 36.6 Å². The maximum Gasteiger partial charge on any atom is 0.255 e. The quantitative estimate of drug-likeness (QED) is 0.430. The number of hydrogen-bond donors (Lipinski definition) is 1. The summed E-state index contributed by atoms with van der Waals surface area (Å²) in [6.45, 7) is 4.19. The van der Waals surface area contributed by atoms with Gasteiger partial charge in [0.1, 0.15) is 5.82 Å². The van der Waals surface area contributed by atoms with Crippen LogP contribution >= 0.6 is 11.6 Å². The number of halogens is 2. The Hall–Kier alpha value is -3.38. The zero-order chi connectivity index (χ0) is 24.8. The minimum absolute atomic E-state index is 0.0844. The maximum absolute atomic E-state index is 13.6. The Balaban J connectivity index is 2.00. The first-order chi connectivity index (χ1) is 16.2. The lowest BCUT2D eigenvalue weighted by Crippen LogP contribution is -2.31. The number of benzene rings is 3. The molecule has 3 aromatic carbocycles. The Morgan fingerprint density at radius 3 is 2.26 bits per heavy atom. The first-order valence-corrected chi connectivity index (χ1v) is 11.4. The fourth-order valence-electron chi connectivity index (χ4n) is 3.53. The van der Waals surface area contributed by atoms with Crippen LogP contribution in [0.25, 0.3) is 0 Å². The van der Waals surface area contributed by atoms with E-state index in [1.807, 2.05) is 51.0 Å². The number of nitrogens with zero attached hydrogens (tertiary/aromatic N) is 2. The van der Waals surface area contributed by atoms with Gasteiger partial charge in [0.2, 0.25) is 5.91 Å². The Kier molecular flexibility index (Phi) is 8.29. The molecular weight excluding hydrogens is 453 g/mol. The van der Waals surface area contributed by atoms with Crippen molar-refractivity contribution in [3.63, 3.8) is 0 Å². The molecule has 34 heavy (non-hydrogen) atoms. The average Bonchev–Trinajstić information content (AvgIpc) is 2.80. The lowest BCUT2D eigenvalue weighted by atomic mass is 10.1. The second-order valence-corrected chi connectivity index (χ2v) is 9.06. The molecule has 0 bridgehead atoms. The molecule has 0 heterocycles. The molecule has 3 rings (SSSR count). The summed E-state index contributed by atoms with van der Waals surface area (Å²) < 4.78 is 13.5. The number of rotatable bonds is 8. The van der Waals surface area contributed by atoms with Crippen molar-refractivity contribution in [3.05, 3.63) is 94.3 Å². The van der Waals surface area contributed by atoms with Crippen LogP contribution in [0.1, 0.15) is 35.3 Å². The van der Waals surface area contributed by atoms with Crippen LogP contribution < -0.4 is 10.2 Å². The molecule has 3 aromatic rings. The van der Waals surface area contributed by atoms with Gasteiger partial charge in [-0.2, -0.15) is 0 Å². The summed E-state index contributed by atoms with van der Waals surface area (Å²) in [5.41, 5.74) is 3.61. The van der Waals surface area contributed by atoms with Gasteiger partial charge in [0.25, 0.3) is 5.91 Å². The Morgan fingerprint density at radius 1 is 0.971 bits per heavy atom. The normalized spacial score (nSPS) is 10.8. The van der Waals surface area contributed by atoms with Crippen LogP contribution in [-0.4, -0.2) is 30.8 Å². The third-order valence-corrected chi connectivity index (χ3v) is 5.72. The van der Waals surface area contributed by atoms with E-state index in [0.29, 0.717) is 16.3 Å². The Labute approximate surface area is 205 Å². The average molecular weight is 482 g/mol. The highest BCUT2D eigenvalue weighted by atomic mass is 35.5. The predicted molar refractivity (Wildman–Crippen MR) is 136 cm³/mol. The highest BCUT2D eigenvalue weighted by molar-refractivity contribution is 6.33. The molecule has 0 aliphatic heterocycles. The molecule has 0 saturated carbocycles. The van der Waals surface area contributed by atoms with Gasteiger partial charge < -0.3 is 15.1 Å². The fraction of sp³-hybridized carbons (Fsp3) is 0.259. The smallest absolute Gasteiger partial charge is 0.255 e. The highest BCUT2D eigenvalue weighted by Gasteiger charge is 2.21. The zero-order valence-electron chi connectivity index (χ0n) is 19.8. The van der Waals surface area contributed by atoms with E-state index in [1.165, 1.54) is 12.1 Å². The standard InChI is InChI=1S/C27H29ClFN3O2/c1-18(2)26(33)30-22-13-14-25(31(3)4)20(15-22)17-32(16-19-9-11-21(29)12-10-19)27(34)23-7-5-6-8-24(23)28/h5-15,18H,16-17H2,1-4H3,(H,30,33). The summed E-state index contributed by atoms with van der Waals surface area (Å²) in [6.07, 6.45) is 0. The molecule has 0 atom stereocenters. The van der Waals surface area contributed by atoms with Crippen molar-refractivity contribution < 1.29 is 14.0 Å². The van der Waals surface area contributed by atoms with Gasteiger partial charge in [0.05, 0.1) is 10.6 Å². The minimum Gasteiger partial charge on any atom is -0.377 e. The first-order valence-electron chi connectivity index (χ1n) is 11.0. The predicted octanol–water partition coefficient (Wildman–Crippen LogP) is 5.98. The van der Waals surface area contributed by atoms with Crippen LogP contribution in [0.2, 0.25) is 5.02 Å². The lowest BCUT2D eigenvalue weighted by Gasteiger charge is -2.27. The SMILES string of the molecule is CC(C)C(=O)Nc1ccc(N(C)C)c(CN(Cc2ccc(F)cc2)C(=O)c2ccccc2Cl)c1. The number of amides is 2. The summed E-state index contributed by atoms with van der Waals surface area (Å²) >= 11 is 6.33. The van der Waals surface area contributed by atoms with Crippen LogP contribution in [0.3, 0.4) is 0 Å². The second kappa shape index (κ2) is 11.2. The third-order valence-electron chi connectivity index (χ3n) is 5.39. The van der Waals surface area contributed by atoms with Gasteiger partial charge in [-0.05, 0) is 53.6 Å². The van der Waals surface area contributed by atoms with Gasteiger partial charge in [-0.1, -0.05) is 49.7 Å². The monoisotopic (exact) mass is 481 g/mol. The van der Waals surface area contributed by atoms with Gasteiger partial charge in [0, 0.05) is 44.5 Å². The second-order valence-electron chi connectivity index (χ2n) is 8.65. The summed E-state index contributed by atoms with van der Waals surface area (Å²) in [5, 5.41) is 3.29. The molecule has 2 amide bonds. The van der Waals surface area contributed by atoms with Gasteiger partial charge >= 0.3 is 0 Å². The van der Waals surface area contributed by atoms with E-state index in [4.69, 9.17) is 11.6 Å². The van der Waals surface area contributed by atoms with Crippen LogP contribution in [0.5, 0.6) is 0 Å². The number of nitrogens with one attached hydrogen (secondary N) is 1. The summed E-state index contributed by atoms with van der Waals surface area (Å²) in [4.78, 5) is 29.4. The topological polar surface area (TPSA) is 52.7 Å². The molecular formula is C27H29ClFN3O2. The van der Waals surface area contributed by atoms with Crippen molar-refractivity contribution in [2.75, 3.05) is 24.3 Å². The molecule has 0 aromatic heterocycles. The van der Waals surface area contributed by atoms with Crippen LogP contribution in [0.4, 0.5) is 15.8 Å². The van der Waals surface area contributed by atoms with Crippen LogP contribution in [0.15, 0.2) is 66.7 Å². The Bertz CT molecular complexity index is 1160. The van der Waals surface area contributed by atoms with Crippen molar-refractivity contribution in [2.45, 2.75) is 26.9 Å². The summed E-state index contributed by atoms with van der Waals surface area (Å²) in [5.74, 6) is -0.819. The van der Waals surface area contributed by atoms with E-state index < -0.39 is 0 Å². The third kappa shape index (κ3) is 6.35. The van der Waals surface area contributed by atoms with Crippen molar-refractivity contribution in [3.8, 4) is 0 Å². The van der Waals surface area contributed by atoms with E-state index in [1.54, 1.807) is 41.3 Å². The van der Waals surface area contributed by atoms with Crippen LogP contribution in [-0.2, 0) is 17.9 Å². The van der Waals surface area contributed by atoms with Crippen LogP contribution in [0, 0.1) is 11.7 Å². The molecule has 0 aliphatic carbocycles. The van der Waals surface area contributed by atoms with Gasteiger partial charge in [-0.15, -0.1) is 0 Å². The Morgan fingerprint density at radius 2 is 1.65 bits per heavy atom. The molecule has 0 aliphatic rings. The maximum atomic E-state index is 13.6. The summed E-state index contributed by atoms with van der Waals surface area (Å²) in [7, 11) is 3.84.